The van der Waals surface area contributed by atoms with E-state index in [0.29, 0.717) is 0 Å². The fourth-order valence-electron chi connectivity index (χ4n) is 6.44. The predicted molar refractivity (Wildman–Crippen MR) is 107 cm³/mol. The lowest BCUT2D eigenvalue weighted by Crippen LogP contribution is -2.76. The van der Waals surface area contributed by atoms with Crippen molar-refractivity contribution < 1.29 is 28.6 Å². The predicted octanol–water partition coefficient (Wildman–Crippen LogP) is 0.200. The van der Waals surface area contributed by atoms with Crippen molar-refractivity contribution in [1.29, 1.82) is 0 Å². The molecule has 0 saturated carbocycles. The topological polar surface area (TPSA) is 111 Å². The van der Waals surface area contributed by atoms with Crippen LogP contribution in [0.5, 0.6) is 0 Å². The number of fused-ring (bicyclic) bond motifs is 6. The zero-order valence-electron chi connectivity index (χ0n) is 17.9. The second-order valence-corrected chi connectivity index (χ2v) is 9.20. The van der Waals surface area contributed by atoms with Crippen LogP contribution >= 0.6 is 0 Å². The Morgan fingerprint density at radius 2 is 1.50 bits per heavy atom. The van der Waals surface area contributed by atoms with E-state index < -0.39 is 23.3 Å². The zero-order valence-corrected chi connectivity index (χ0v) is 17.9. The Balaban J connectivity index is 1.75. The molecule has 1 amide bonds. The summed E-state index contributed by atoms with van der Waals surface area (Å²) in [5, 5.41) is 0. The Kier molecular flexibility index (Phi) is 5.91. The minimum atomic E-state index is -1.12. The number of nitrogens with zero attached hydrogens (tertiary/aromatic N) is 2. The van der Waals surface area contributed by atoms with E-state index in [1.807, 2.05) is 0 Å². The van der Waals surface area contributed by atoms with Crippen LogP contribution in [-0.4, -0.2) is 98.3 Å². The maximum absolute atomic E-state index is 13.6. The van der Waals surface area contributed by atoms with Crippen LogP contribution in [-0.2, 0) is 23.8 Å². The Morgan fingerprint density at radius 3 is 1.97 bits per heavy atom. The Hall–Kier alpha value is -1.55. The minimum Gasteiger partial charge on any atom is -0.444 e. The number of rotatable bonds is 8. The van der Waals surface area contributed by atoms with Crippen LogP contribution in [0.1, 0.15) is 32.1 Å². The molecule has 0 spiro atoms. The van der Waals surface area contributed by atoms with E-state index >= 15 is 0 Å². The molecule has 4 bridgehead atoms. The van der Waals surface area contributed by atoms with E-state index in [1.165, 1.54) is 0 Å². The number of ether oxygens (including phenoxy) is 3. The van der Waals surface area contributed by atoms with Crippen molar-refractivity contribution in [2.24, 2.45) is 17.6 Å². The van der Waals surface area contributed by atoms with Crippen LogP contribution in [0.4, 0.5) is 4.79 Å². The number of Topliss-reactive ketones (excluding diaryl/α,β-unsaturated/α-hetero) is 2. The van der Waals surface area contributed by atoms with Gasteiger partial charge >= 0.3 is 6.09 Å². The fourth-order valence-corrected chi connectivity index (χ4v) is 6.44. The molecule has 6 fully saturated rings. The Bertz CT molecular complexity index is 701. The fraction of sp³-hybridized carbons (Fsp3) is 0.857. The van der Waals surface area contributed by atoms with Gasteiger partial charge in [-0.15, -0.1) is 0 Å². The van der Waals surface area contributed by atoms with Crippen LogP contribution in [0.2, 0.25) is 0 Å². The van der Waals surface area contributed by atoms with Gasteiger partial charge in [0.05, 0.1) is 13.2 Å². The van der Waals surface area contributed by atoms with Crippen molar-refractivity contribution in [2.75, 3.05) is 53.6 Å². The number of primary amides is 1. The first-order chi connectivity index (χ1) is 14.4. The summed E-state index contributed by atoms with van der Waals surface area (Å²) in [5.74, 6) is 0.0536. The van der Waals surface area contributed by atoms with E-state index in [0.717, 1.165) is 51.9 Å². The van der Waals surface area contributed by atoms with Crippen LogP contribution in [0.3, 0.4) is 0 Å². The van der Waals surface area contributed by atoms with Gasteiger partial charge in [-0.3, -0.25) is 19.4 Å². The SMILES string of the molecule is COCC1(CC(OC(N)=O)C2(COC)C(=O)C3CCN2CC3)C(=O)C2CCN1CC2. The lowest BCUT2D eigenvalue weighted by Gasteiger charge is -2.58. The van der Waals surface area contributed by atoms with Crippen molar-refractivity contribution in [3.05, 3.63) is 0 Å². The molecule has 3 unspecified atom stereocenters. The van der Waals surface area contributed by atoms with E-state index in [2.05, 4.69) is 9.80 Å². The lowest BCUT2D eigenvalue weighted by molar-refractivity contribution is -0.179. The van der Waals surface area contributed by atoms with E-state index in [4.69, 9.17) is 19.9 Å². The molecule has 9 heteroatoms. The van der Waals surface area contributed by atoms with E-state index in [1.54, 1.807) is 14.2 Å². The normalized spacial score (nSPS) is 41.1. The number of ketones is 2. The Morgan fingerprint density at radius 1 is 0.967 bits per heavy atom. The van der Waals surface area contributed by atoms with Crippen LogP contribution in [0, 0.1) is 11.8 Å². The maximum atomic E-state index is 13.6. The molecule has 0 aliphatic carbocycles. The zero-order chi connectivity index (χ0) is 21.5. The third-order valence-electron chi connectivity index (χ3n) is 7.85. The minimum absolute atomic E-state index is 0.0171. The van der Waals surface area contributed by atoms with Gasteiger partial charge in [0, 0.05) is 45.6 Å². The molecule has 0 aromatic heterocycles. The summed E-state index contributed by atoms with van der Waals surface area (Å²) in [6, 6.07) is 0. The largest absolute Gasteiger partial charge is 0.444 e. The number of carbonyl (C=O) groups is 3. The van der Waals surface area contributed by atoms with Gasteiger partial charge in [-0.2, -0.15) is 0 Å². The van der Waals surface area contributed by atoms with Gasteiger partial charge in [-0.25, -0.2) is 4.79 Å². The van der Waals surface area contributed by atoms with Crippen molar-refractivity contribution in [1.82, 2.24) is 9.80 Å². The highest BCUT2D eigenvalue weighted by Crippen LogP contribution is 2.45. The molecule has 6 rings (SSSR count). The van der Waals surface area contributed by atoms with Crippen molar-refractivity contribution in [3.63, 3.8) is 0 Å². The number of amides is 1. The monoisotopic (exact) mass is 423 g/mol. The molecule has 2 N–H and O–H groups in total. The molecule has 6 heterocycles. The summed E-state index contributed by atoms with van der Waals surface area (Å²) < 4.78 is 16.7. The number of hydrogen-bond acceptors (Lipinski definition) is 8. The summed E-state index contributed by atoms with van der Waals surface area (Å²) in [7, 11) is 3.12. The van der Waals surface area contributed by atoms with Crippen LogP contribution < -0.4 is 5.73 Å². The lowest BCUT2D eigenvalue weighted by atomic mass is 9.65. The highest BCUT2D eigenvalue weighted by Gasteiger charge is 2.63. The van der Waals surface area contributed by atoms with Gasteiger partial charge in [0.25, 0.3) is 0 Å². The molecule has 0 aromatic carbocycles. The average molecular weight is 424 g/mol. The molecule has 6 aliphatic heterocycles. The Labute approximate surface area is 177 Å². The van der Waals surface area contributed by atoms with Crippen molar-refractivity contribution >= 4 is 17.7 Å². The highest BCUT2D eigenvalue weighted by atomic mass is 16.6. The molecule has 30 heavy (non-hydrogen) atoms. The van der Waals surface area contributed by atoms with Gasteiger partial charge < -0.3 is 19.9 Å². The second kappa shape index (κ2) is 8.18. The first kappa shape index (κ1) is 21.7. The smallest absolute Gasteiger partial charge is 0.404 e. The summed E-state index contributed by atoms with van der Waals surface area (Å²) in [6.45, 7) is 3.34. The molecule has 9 nitrogen and oxygen atoms in total. The standard InChI is InChI=1S/C21H33N3O6/c1-28-12-20(17(25)14-3-7-23(20)8-4-14)11-16(30-19(22)27)21(13-29-2)18(26)15-5-9-24(21)10-6-15/h14-16H,3-13H2,1-2H3,(H2,22,27). The summed E-state index contributed by atoms with van der Waals surface area (Å²) in [6.07, 6.45) is 1.61. The first-order valence-corrected chi connectivity index (χ1v) is 10.9. The molecule has 6 aliphatic rings. The third-order valence-corrected chi connectivity index (χ3v) is 7.85. The van der Waals surface area contributed by atoms with Gasteiger partial charge in [-0.05, 0) is 38.8 Å². The number of nitrogens with two attached hydrogens (primary N) is 1. The summed E-state index contributed by atoms with van der Waals surface area (Å²) in [5.41, 5.74) is 3.43. The first-order valence-electron chi connectivity index (χ1n) is 10.9. The average Bonchev–Trinajstić information content (AvgIpc) is 2.74. The van der Waals surface area contributed by atoms with Gasteiger partial charge in [-0.1, -0.05) is 0 Å². The second-order valence-electron chi connectivity index (χ2n) is 9.20. The maximum Gasteiger partial charge on any atom is 0.404 e. The molecular formula is C21H33N3O6. The number of hydrogen-bond donors (Lipinski definition) is 1. The van der Waals surface area contributed by atoms with Crippen LogP contribution in [0.25, 0.3) is 0 Å². The summed E-state index contributed by atoms with van der Waals surface area (Å²) >= 11 is 0. The molecule has 6 saturated heterocycles. The summed E-state index contributed by atoms with van der Waals surface area (Å²) in [4.78, 5) is 43.3. The molecule has 168 valence electrons. The van der Waals surface area contributed by atoms with Crippen molar-refractivity contribution in [3.8, 4) is 0 Å². The van der Waals surface area contributed by atoms with E-state index in [-0.39, 0.29) is 43.0 Å². The molecule has 3 atom stereocenters. The van der Waals surface area contributed by atoms with Gasteiger partial charge in [0.15, 0.2) is 11.6 Å². The quantitative estimate of drug-likeness (QED) is 0.589. The number of piperidine rings is 6. The van der Waals surface area contributed by atoms with Gasteiger partial charge in [0.2, 0.25) is 0 Å². The highest BCUT2D eigenvalue weighted by molar-refractivity contribution is 5.95. The molecule has 0 aromatic rings. The molecule has 0 radical (unpaired) electrons. The van der Waals surface area contributed by atoms with Crippen LogP contribution in [0.15, 0.2) is 0 Å². The van der Waals surface area contributed by atoms with E-state index in [9.17, 15) is 14.4 Å². The van der Waals surface area contributed by atoms with Gasteiger partial charge in [0.1, 0.15) is 17.2 Å². The number of methoxy groups -OCH3 is 2. The third kappa shape index (κ3) is 3.18. The molecular weight excluding hydrogens is 390 g/mol. The van der Waals surface area contributed by atoms with Crippen molar-refractivity contribution in [2.45, 2.75) is 49.3 Å². The number of carbonyl (C=O) groups excluding carboxylic acids is 3.